The van der Waals surface area contributed by atoms with E-state index < -0.39 is 0 Å². The fourth-order valence-electron chi connectivity index (χ4n) is 4.32. The van der Waals surface area contributed by atoms with E-state index in [1.54, 1.807) is 0 Å². The van der Waals surface area contributed by atoms with E-state index in [0.717, 1.165) is 12.0 Å². The van der Waals surface area contributed by atoms with Gasteiger partial charge in [-0.1, -0.05) is 50.1 Å². The van der Waals surface area contributed by atoms with Gasteiger partial charge in [0.25, 0.3) is 0 Å². The smallest absolute Gasteiger partial charge is 0.0320 e. The van der Waals surface area contributed by atoms with Crippen molar-refractivity contribution in [2.45, 2.75) is 70.0 Å². The summed E-state index contributed by atoms with van der Waals surface area (Å²) in [4.78, 5) is 0. The molecule has 0 aromatic heterocycles. The van der Waals surface area contributed by atoms with E-state index in [1.807, 2.05) is 0 Å². The van der Waals surface area contributed by atoms with Gasteiger partial charge in [0.2, 0.25) is 0 Å². The van der Waals surface area contributed by atoms with Crippen LogP contribution in [-0.4, -0.2) is 18.6 Å². The highest BCUT2D eigenvalue weighted by Gasteiger charge is 2.35. The van der Waals surface area contributed by atoms with E-state index in [2.05, 4.69) is 47.9 Å². The molecule has 1 saturated carbocycles. The summed E-state index contributed by atoms with van der Waals surface area (Å²) in [5.74, 6) is 0.836. The third-order valence-electron chi connectivity index (χ3n) is 5.46. The van der Waals surface area contributed by atoms with Crippen LogP contribution in [0.4, 0.5) is 0 Å². The minimum atomic E-state index is 0.514. The van der Waals surface area contributed by atoms with Crippen molar-refractivity contribution < 1.29 is 0 Å². The number of hydrogen-bond acceptors (Lipinski definition) is 2. The minimum Gasteiger partial charge on any atom is -0.314 e. The maximum atomic E-state index is 3.99. The Hall–Kier alpha value is -0.860. The van der Waals surface area contributed by atoms with Gasteiger partial charge in [0.15, 0.2) is 0 Å². The number of benzene rings is 1. The van der Waals surface area contributed by atoms with Gasteiger partial charge in [-0.3, -0.25) is 0 Å². The third kappa shape index (κ3) is 3.67. The van der Waals surface area contributed by atoms with E-state index in [1.165, 1.54) is 57.1 Å². The highest BCUT2D eigenvalue weighted by Crippen LogP contribution is 2.33. The first-order valence-electron chi connectivity index (χ1n) is 8.93. The molecule has 1 aromatic carbocycles. The van der Waals surface area contributed by atoms with Gasteiger partial charge in [-0.2, -0.15) is 0 Å². The molecule has 2 aliphatic rings. The molecule has 116 valence electrons. The van der Waals surface area contributed by atoms with Crippen LogP contribution in [0.5, 0.6) is 0 Å². The molecule has 1 saturated heterocycles. The molecule has 4 unspecified atom stereocenters. The van der Waals surface area contributed by atoms with Gasteiger partial charge >= 0.3 is 0 Å². The second kappa shape index (κ2) is 7.42. The molecule has 0 bridgehead atoms. The number of nitrogens with one attached hydrogen (secondary N) is 2. The van der Waals surface area contributed by atoms with Crippen LogP contribution < -0.4 is 10.6 Å². The monoisotopic (exact) mass is 286 g/mol. The molecule has 2 fully saturated rings. The summed E-state index contributed by atoms with van der Waals surface area (Å²) in [5.41, 5.74) is 1.45. The first-order chi connectivity index (χ1) is 10.4. The molecule has 1 aromatic rings. The number of piperidine rings is 1. The maximum absolute atomic E-state index is 3.99. The molecule has 1 aliphatic heterocycles. The van der Waals surface area contributed by atoms with Gasteiger partial charge in [-0.15, -0.1) is 0 Å². The van der Waals surface area contributed by atoms with Crippen LogP contribution in [0.3, 0.4) is 0 Å². The molecule has 0 spiro atoms. The van der Waals surface area contributed by atoms with Gasteiger partial charge in [-0.05, 0) is 50.1 Å². The predicted molar refractivity (Wildman–Crippen MR) is 89.4 cm³/mol. The zero-order valence-corrected chi connectivity index (χ0v) is 13.4. The van der Waals surface area contributed by atoms with Gasteiger partial charge in [-0.25, -0.2) is 0 Å². The topological polar surface area (TPSA) is 24.1 Å². The molecule has 1 aliphatic carbocycles. The molecular weight excluding hydrogens is 256 g/mol. The zero-order valence-electron chi connectivity index (χ0n) is 13.4. The summed E-state index contributed by atoms with van der Waals surface area (Å²) < 4.78 is 0. The van der Waals surface area contributed by atoms with Crippen LogP contribution in [0.15, 0.2) is 30.3 Å². The molecule has 2 N–H and O–H groups in total. The van der Waals surface area contributed by atoms with Crippen molar-refractivity contribution in [1.29, 1.82) is 0 Å². The van der Waals surface area contributed by atoms with E-state index in [-0.39, 0.29) is 0 Å². The summed E-state index contributed by atoms with van der Waals surface area (Å²) in [7, 11) is 0. The summed E-state index contributed by atoms with van der Waals surface area (Å²) in [6, 6.07) is 12.9. The lowest BCUT2D eigenvalue weighted by atomic mass is 9.87. The molecule has 3 rings (SSSR count). The highest BCUT2D eigenvalue weighted by atomic mass is 15.0. The second-order valence-corrected chi connectivity index (χ2v) is 6.80. The quantitative estimate of drug-likeness (QED) is 0.853. The summed E-state index contributed by atoms with van der Waals surface area (Å²) in [6.45, 7) is 3.53. The average molecular weight is 286 g/mol. The van der Waals surface area contributed by atoms with Crippen LogP contribution >= 0.6 is 0 Å². The van der Waals surface area contributed by atoms with E-state index in [0.29, 0.717) is 12.1 Å². The molecule has 2 heteroatoms. The Morgan fingerprint density at radius 3 is 2.67 bits per heavy atom. The van der Waals surface area contributed by atoms with Crippen molar-refractivity contribution in [3.8, 4) is 0 Å². The lowest BCUT2D eigenvalue weighted by Crippen LogP contribution is -2.47. The van der Waals surface area contributed by atoms with Gasteiger partial charge in [0, 0.05) is 18.1 Å². The molecule has 4 atom stereocenters. The first kappa shape index (κ1) is 15.1. The van der Waals surface area contributed by atoms with Crippen LogP contribution in [0.25, 0.3) is 0 Å². The van der Waals surface area contributed by atoms with Crippen LogP contribution in [0.2, 0.25) is 0 Å². The fourth-order valence-corrected chi connectivity index (χ4v) is 4.32. The Kier molecular flexibility index (Phi) is 5.32. The maximum Gasteiger partial charge on any atom is 0.0320 e. The Morgan fingerprint density at radius 1 is 1.10 bits per heavy atom. The minimum absolute atomic E-state index is 0.514. The molecule has 21 heavy (non-hydrogen) atoms. The van der Waals surface area contributed by atoms with Crippen molar-refractivity contribution >= 4 is 0 Å². The molecule has 1 heterocycles. The largest absolute Gasteiger partial charge is 0.314 e. The first-order valence-corrected chi connectivity index (χ1v) is 8.93. The standard InChI is InChI=1S/C19H30N2/c1-2-17(15-9-4-3-5-10-15)21-19-13-8-11-16(19)18-12-6-7-14-20-18/h3-5,9-10,16-21H,2,6-8,11-14H2,1H3. The predicted octanol–water partition coefficient (Wildman–Crippen LogP) is 4.04. The number of rotatable bonds is 5. The van der Waals surface area contributed by atoms with Crippen LogP contribution in [0.1, 0.15) is 63.5 Å². The van der Waals surface area contributed by atoms with Crippen LogP contribution in [-0.2, 0) is 0 Å². The molecule has 2 nitrogen and oxygen atoms in total. The zero-order chi connectivity index (χ0) is 14.5. The highest BCUT2D eigenvalue weighted by molar-refractivity contribution is 5.19. The Bertz CT molecular complexity index is 411. The van der Waals surface area contributed by atoms with E-state index >= 15 is 0 Å². The Morgan fingerprint density at radius 2 is 1.95 bits per heavy atom. The van der Waals surface area contributed by atoms with Crippen molar-refractivity contribution in [2.24, 2.45) is 5.92 Å². The third-order valence-corrected chi connectivity index (χ3v) is 5.46. The van der Waals surface area contributed by atoms with Crippen LogP contribution in [0, 0.1) is 5.92 Å². The molecule has 0 amide bonds. The second-order valence-electron chi connectivity index (χ2n) is 6.80. The van der Waals surface area contributed by atoms with E-state index in [9.17, 15) is 0 Å². The summed E-state index contributed by atoms with van der Waals surface area (Å²) >= 11 is 0. The molecular formula is C19H30N2. The van der Waals surface area contributed by atoms with Gasteiger partial charge in [0.1, 0.15) is 0 Å². The summed E-state index contributed by atoms with van der Waals surface area (Å²) in [5, 5.41) is 7.77. The Balaban J connectivity index is 1.64. The van der Waals surface area contributed by atoms with Crippen molar-refractivity contribution in [3.05, 3.63) is 35.9 Å². The van der Waals surface area contributed by atoms with Crippen molar-refractivity contribution in [2.75, 3.05) is 6.54 Å². The van der Waals surface area contributed by atoms with Gasteiger partial charge < -0.3 is 10.6 Å². The normalized spacial score (nSPS) is 31.2. The van der Waals surface area contributed by atoms with Gasteiger partial charge in [0.05, 0.1) is 0 Å². The SMILES string of the molecule is CCC(NC1CCCC1C1CCCCN1)c1ccccc1. The van der Waals surface area contributed by atoms with Crippen molar-refractivity contribution in [3.63, 3.8) is 0 Å². The average Bonchev–Trinajstić information content (AvgIpc) is 3.02. The summed E-state index contributed by atoms with van der Waals surface area (Å²) in [6.07, 6.45) is 9.48. The van der Waals surface area contributed by atoms with Crippen molar-refractivity contribution in [1.82, 2.24) is 10.6 Å². The molecule has 0 radical (unpaired) electrons. The Labute approximate surface area is 129 Å². The lowest BCUT2D eigenvalue weighted by molar-refractivity contribution is 0.244. The lowest BCUT2D eigenvalue weighted by Gasteiger charge is -2.35. The number of hydrogen-bond donors (Lipinski definition) is 2. The fraction of sp³-hybridized carbons (Fsp3) is 0.684. The van der Waals surface area contributed by atoms with E-state index in [4.69, 9.17) is 0 Å².